The highest BCUT2D eigenvalue weighted by atomic mass is 16.2. The lowest BCUT2D eigenvalue weighted by Gasteiger charge is -2.39. The molecule has 2 aliphatic rings. The Balaban J connectivity index is 1.75. The van der Waals surface area contributed by atoms with E-state index in [4.69, 9.17) is 0 Å². The van der Waals surface area contributed by atoms with Gasteiger partial charge in [-0.1, -0.05) is 27.2 Å². The van der Waals surface area contributed by atoms with Crippen LogP contribution in [0.3, 0.4) is 0 Å². The van der Waals surface area contributed by atoms with Crippen molar-refractivity contribution in [3.63, 3.8) is 0 Å². The van der Waals surface area contributed by atoms with Crippen molar-refractivity contribution in [3.05, 3.63) is 0 Å². The maximum atomic E-state index is 12.1. The molecule has 2 N–H and O–H groups in total. The molecule has 3 heteroatoms. The number of nitrogens with one attached hydrogen (secondary N) is 2. The van der Waals surface area contributed by atoms with E-state index in [1.165, 1.54) is 19.3 Å². The molecule has 19 heavy (non-hydrogen) atoms. The van der Waals surface area contributed by atoms with Gasteiger partial charge in [-0.05, 0) is 56.4 Å². The first-order chi connectivity index (χ1) is 9.03. The number of carbonyl (C=O) groups is 1. The van der Waals surface area contributed by atoms with Gasteiger partial charge in [0.1, 0.15) is 0 Å². The maximum Gasteiger partial charge on any atom is 0.237 e. The van der Waals surface area contributed by atoms with Crippen LogP contribution >= 0.6 is 0 Å². The smallest absolute Gasteiger partial charge is 0.237 e. The van der Waals surface area contributed by atoms with Crippen LogP contribution < -0.4 is 10.6 Å². The van der Waals surface area contributed by atoms with E-state index in [1.807, 2.05) is 0 Å². The lowest BCUT2D eigenvalue weighted by atomic mass is 9.69. The predicted octanol–water partition coefficient (Wildman–Crippen LogP) is 2.85. The fourth-order valence-corrected chi connectivity index (χ4v) is 3.52. The van der Waals surface area contributed by atoms with Crippen molar-refractivity contribution >= 4 is 5.91 Å². The third-order valence-corrected chi connectivity index (χ3v) is 5.47. The summed E-state index contributed by atoms with van der Waals surface area (Å²) in [4.78, 5) is 12.1. The normalized spacial score (nSPS) is 32.3. The van der Waals surface area contributed by atoms with E-state index in [1.54, 1.807) is 0 Å². The highest BCUT2D eigenvalue weighted by Gasteiger charge is 2.33. The minimum absolute atomic E-state index is 0.0739. The van der Waals surface area contributed by atoms with Crippen LogP contribution in [0.1, 0.15) is 65.7 Å². The lowest BCUT2D eigenvalue weighted by Crippen LogP contribution is -2.46. The van der Waals surface area contributed by atoms with Crippen LogP contribution in [0.25, 0.3) is 0 Å². The SMILES string of the molecule is CCC(C)(C)C1CCC(NC(=O)[C@@H]2CCCN2)CC1. The van der Waals surface area contributed by atoms with Gasteiger partial charge in [0.25, 0.3) is 0 Å². The van der Waals surface area contributed by atoms with Crippen LogP contribution in [0.4, 0.5) is 0 Å². The molecule has 0 aromatic rings. The zero-order valence-corrected chi connectivity index (χ0v) is 12.8. The molecule has 1 atom stereocenters. The van der Waals surface area contributed by atoms with Gasteiger partial charge >= 0.3 is 0 Å². The van der Waals surface area contributed by atoms with E-state index in [-0.39, 0.29) is 11.9 Å². The third-order valence-electron chi connectivity index (χ3n) is 5.47. The van der Waals surface area contributed by atoms with Gasteiger partial charge in [-0.15, -0.1) is 0 Å². The lowest BCUT2D eigenvalue weighted by molar-refractivity contribution is -0.123. The standard InChI is InChI=1S/C16H30N2O/c1-4-16(2,3)12-7-9-13(10-8-12)18-15(19)14-6-5-11-17-14/h12-14,17H,4-11H2,1-3H3,(H,18,19)/t12?,13?,14-/m0/s1. The van der Waals surface area contributed by atoms with E-state index >= 15 is 0 Å². The van der Waals surface area contributed by atoms with Crippen molar-refractivity contribution in [3.8, 4) is 0 Å². The molecule has 1 saturated carbocycles. The van der Waals surface area contributed by atoms with Gasteiger partial charge in [-0.3, -0.25) is 4.79 Å². The average molecular weight is 266 g/mol. The Hall–Kier alpha value is -0.570. The summed E-state index contributed by atoms with van der Waals surface area (Å²) in [5.74, 6) is 1.06. The van der Waals surface area contributed by atoms with Crippen LogP contribution in [0, 0.1) is 11.3 Å². The van der Waals surface area contributed by atoms with E-state index in [0.29, 0.717) is 11.5 Å². The van der Waals surface area contributed by atoms with Crippen molar-refractivity contribution in [2.45, 2.75) is 77.8 Å². The molecule has 3 nitrogen and oxygen atoms in total. The van der Waals surface area contributed by atoms with Crippen LogP contribution in [0.2, 0.25) is 0 Å². The fourth-order valence-electron chi connectivity index (χ4n) is 3.52. The molecule has 1 heterocycles. The zero-order chi connectivity index (χ0) is 13.9. The molecule has 0 radical (unpaired) electrons. The van der Waals surface area contributed by atoms with E-state index in [2.05, 4.69) is 31.4 Å². The molecular weight excluding hydrogens is 236 g/mol. The summed E-state index contributed by atoms with van der Waals surface area (Å²) in [5, 5.41) is 6.53. The highest BCUT2D eigenvalue weighted by Crippen LogP contribution is 2.40. The second-order valence-electron chi connectivity index (χ2n) is 7.05. The Morgan fingerprint density at radius 2 is 1.89 bits per heavy atom. The summed E-state index contributed by atoms with van der Waals surface area (Å²) in [7, 11) is 0. The molecule has 1 aliphatic heterocycles. The van der Waals surface area contributed by atoms with Crippen LogP contribution in [0.15, 0.2) is 0 Å². The highest BCUT2D eigenvalue weighted by molar-refractivity contribution is 5.82. The molecule has 110 valence electrons. The van der Waals surface area contributed by atoms with Crippen molar-refractivity contribution in [2.24, 2.45) is 11.3 Å². The van der Waals surface area contributed by atoms with Crippen molar-refractivity contribution in [2.75, 3.05) is 6.54 Å². The van der Waals surface area contributed by atoms with Gasteiger partial charge < -0.3 is 10.6 Å². The molecule has 0 aromatic heterocycles. The summed E-state index contributed by atoms with van der Waals surface area (Å²) in [6.07, 6.45) is 8.24. The van der Waals surface area contributed by atoms with Gasteiger partial charge in [-0.25, -0.2) is 0 Å². The van der Waals surface area contributed by atoms with Crippen molar-refractivity contribution < 1.29 is 4.79 Å². The molecule has 1 aliphatic carbocycles. The number of rotatable bonds is 4. The molecular formula is C16H30N2O. The Morgan fingerprint density at radius 3 is 2.42 bits per heavy atom. The van der Waals surface area contributed by atoms with E-state index in [9.17, 15) is 4.79 Å². The summed E-state index contributed by atoms with van der Waals surface area (Å²) < 4.78 is 0. The summed E-state index contributed by atoms with van der Waals surface area (Å²) >= 11 is 0. The largest absolute Gasteiger partial charge is 0.352 e. The molecule has 0 bridgehead atoms. The zero-order valence-electron chi connectivity index (χ0n) is 12.8. The third kappa shape index (κ3) is 3.71. The topological polar surface area (TPSA) is 41.1 Å². The second kappa shape index (κ2) is 6.25. The first-order valence-electron chi connectivity index (χ1n) is 8.06. The Bertz CT molecular complexity index is 300. The van der Waals surface area contributed by atoms with Gasteiger partial charge in [-0.2, -0.15) is 0 Å². The van der Waals surface area contributed by atoms with Gasteiger partial charge in [0.05, 0.1) is 6.04 Å². The monoisotopic (exact) mass is 266 g/mol. The molecule has 0 aromatic carbocycles. The molecule has 1 amide bonds. The summed E-state index contributed by atoms with van der Waals surface area (Å²) in [6, 6.07) is 0.489. The first kappa shape index (κ1) is 14.8. The fraction of sp³-hybridized carbons (Fsp3) is 0.938. The van der Waals surface area contributed by atoms with Gasteiger partial charge in [0, 0.05) is 6.04 Å². The van der Waals surface area contributed by atoms with Gasteiger partial charge in [0.2, 0.25) is 5.91 Å². The van der Waals surface area contributed by atoms with Crippen LogP contribution in [-0.2, 0) is 4.79 Å². The molecule has 2 rings (SSSR count). The Labute approximate surface area is 117 Å². The van der Waals surface area contributed by atoms with Crippen LogP contribution in [0.5, 0.6) is 0 Å². The van der Waals surface area contributed by atoms with Crippen molar-refractivity contribution in [1.29, 1.82) is 0 Å². The maximum absolute atomic E-state index is 12.1. The summed E-state index contributed by atoms with van der Waals surface area (Å²) in [6.45, 7) is 8.06. The average Bonchev–Trinajstić information content (AvgIpc) is 2.93. The first-order valence-corrected chi connectivity index (χ1v) is 8.06. The quantitative estimate of drug-likeness (QED) is 0.821. The Morgan fingerprint density at radius 1 is 1.21 bits per heavy atom. The minimum atomic E-state index is 0.0739. The number of hydrogen-bond acceptors (Lipinski definition) is 2. The summed E-state index contributed by atoms with van der Waals surface area (Å²) in [5.41, 5.74) is 0.460. The van der Waals surface area contributed by atoms with E-state index in [0.717, 1.165) is 38.1 Å². The Kier molecular flexibility index (Phi) is 4.88. The second-order valence-corrected chi connectivity index (χ2v) is 7.05. The minimum Gasteiger partial charge on any atom is -0.352 e. The molecule has 2 fully saturated rings. The number of amides is 1. The van der Waals surface area contributed by atoms with Crippen molar-refractivity contribution in [1.82, 2.24) is 10.6 Å². The number of carbonyl (C=O) groups excluding carboxylic acids is 1. The number of hydrogen-bond donors (Lipinski definition) is 2. The van der Waals surface area contributed by atoms with E-state index < -0.39 is 0 Å². The van der Waals surface area contributed by atoms with Gasteiger partial charge in [0.15, 0.2) is 0 Å². The van der Waals surface area contributed by atoms with Crippen LogP contribution in [-0.4, -0.2) is 24.5 Å². The molecule has 1 saturated heterocycles. The molecule has 0 spiro atoms. The predicted molar refractivity (Wildman–Crippen MR) is 79.0 cm³/mol. The molecule has 0 unspecified atom stereocenters.